The lowest BCUT2D eigenvalue weighted by atomic mass is 10.2. The highest BCUT2D eigenvalue weighted by Crippen LogP contribution is 2.26. The van der Waals surface area contributed by atoms with Crippen LogP contribution in [0.4, 0.5) is 0 Å². The number of ether oxygens (including phenoxy) is 1. The predicted molar refractivity (Wildman–Crippen MR) is 87.1 cm³/mol. The first-order valence-corrected chi connectivity index (χ1v) is 7.71. The van der Waals surface area contributed by atoms with E-state index in [0.29, 0.717) is 22.2 Å². The van der Waals surface area contributed by atoms with Crippen molar-refractivity contribution in [3.8, 4) is 11.5 Å². The lowest BCUT2D eigenvalue weighted by Crippen LogP contribution is -2.06. The number of carbonyl (C=O) groups is 1. The Morgan fingerprint density at radius 3 is 2.67 bits per heavy atom. The standard InChI is InChI=1S/C16H12Cl2N2O4/c1-8-5-11(9(2)23-8)15-20-19-14(24-15)7-22-16(21)12-6-10(17)3-4-13(12)18/h3-6H,7H2,1-2H3. The highest BCUT2D eigenvalue weighted by molar-refractivity contribution is 6.35. The summed E-state index contributed by atoms with van der Waals surface area (Å²) in [5.74, 6) is 1.25. The van der Waals surface area contributed by atoms with Crippen molar-refractivity contribution in [1.82, 2.24) is 10.2 Å². The van der Waals surface area contributed by atoms with E-state index in [4.69, 9.17) is 36.8 Å². The first-order valence-electron chi connectivity index (χ1n) is 6.96. The number of halogens is 2. The van der Waals surface area contributed by atoms with Crippen molar-refractivity contribution < 1.29 is 18.4 Å². The zero-order valence-electron chi connectivity index (χ0n) is 12.8. The third-order valence-corrected chi connectivity index (χ3v) is 3.78. The number of furan rings is 1. The molecule has 0 aliphatic carbocycles. The predicted octanol–water partition coefficient (Wildman–Crippen LogP) is 4.61. The number of aromatic nitrogens is 2. The number of hydrogen-bond donors (Lipinski definition) is 0. The molecule has 0 bridgehead atoms. The quantitative estimate of drug-likeness (QED) is 0.627. The van der Waals surface area contributed by atoms with Gasteiger partial charge in [-0.2, -0.15) is 0 Å². The summed E-state index contributed by atoms with van der Waals surface area (Å²) < 4.78 is 16.0. The van der Waals surface area contributed by atoms with Crippen LogP contribution < -0.4 is 0 Å². The van der Waals surface area contributed by atoms with Crippen molar-refractivity contribution in [2.75, 3.05) is 0 Å². The van der Waals surface area contributed by atoms with E-state index < -0.39 is 5.97 Å². The van der Waals surface area contributed by atoms with Gasteiger partial charge in [0.25, 0.3) is 11.8 Å². The van der Waals surface area contributed by atoms with Crippen molar-refractivity contribution >= 4 is 29.2 Å². The van der Waals surface area contributed by atoms with Crippen LogP contribution in [0.15, 0.2) is 33.1 Å². The molecule has 0 saturated carbocycles. The van der Waals surface area contributed by atoms with Gasteiger partial charge in [-0.05, 0) is 38.1 Å². The second-order valence-corrected chi connectivity index (χ2v) is 5.87. The molecule has 6 nitrogen and oxygen atoms in total. The van der Waals surface area contributed by atoms with Gasteiger partial charge in [-0.15, -0.1) is 10.2 Å². The van der Waals surface area contributed by atoms with Crippen LogP contribution in [0.25, 0.3) is 11.5 Å². The number of aryl methyl sites for hydroxylation is 2. The fourth-order valence-corrected chi connectivity index (χ4v) is 2.49. The van der Waals surface area contributed by atoms with Crippen molar-refractivity contribution in [2.24, 2.45) is 0 Å². The molecule has 0 spiro atoms. The maximum Gasteiger partial charge on any atom is 0.340 e. The first kappa shape index (κ1) is 16.5. The fourth-order valence-electron chi connectivity index (χ4n) is 2.12. The highest BCUT2D eigenvalue weighted by atomic mass is 35.5. The Morgan fingerprint density at radius 1 is 1.17 bits per heavy atom. The Morgan fingerprint density at radius 2 is 1.96 bits per heavy atom. The van der Waals surface area contributed by atoms with E-state index in [1.807, 2.05) is 6.92 Å². The molecule has 0 radical (unpaired) electrons. The zero-order valence-corrected chi connectivity index (χ0v) is 14.3. The minimum Gasteiger partial charge on any atom is -0.466 e. The molecule has 0 fully saturated rings. The monoisotopic (exact) mass is 366 g/mol. The summed E-state index contributed by atoms with van der Waals surface area (Å²) in [5.41, 5.74) is 0.876. The second kappa shape index (κ2) is 6.67. The van der Waals surface area contributed by atoms with Crippen LogP contribution >= 0.6 is 23.2 Å². The molecule has 3 rings (SSSR count). The Bertz CT molecular complexity index is 901. The van der Waals surface area contributed by atoms with Crippen LogP contribution in [0.3, 0.4) is 0 Å². The molecule has 8 heteroatoms. The molecule has 0 unspecified atom stereocenters. The summed E-state index contributed by atoms with van der Waals surface area (Å²) in [7, 11) is 0. The number of nitrogens with zero attached hydrogens (tertiary/aromatic N) is 2. The second-order valence-electron chi connectivity index (χ2n) is 5.03. The van der Waals surface area contributed by atoms with E-state index in [1.54, 1.807) is 19.1 Å². The summed E-state index contributed by atoms with van der Waals surface area (Å²) in [5, 5.41) is 8.42. The molecular formula is C16H12Cl2N2O4. The molecule has 2 heterocycles. The first-order chi connectivity index (χ1) is 11.4. The summed E-state index contributed by atoms with van der Waals surface area (Å²) in [6.07, 6.45) is 0. The van der Waals surface area contributed by atoms with Gasteiger partial charge in [-0.3, -0.25) is 0 Å². The maximum absolute atomic E-state index is 12.1. The molecule has 0 N–H and O–H groups in total. The Hall–Kier alpha value is -2.31. The Labute approximate surface area is 147 Å². The highest BCUT2D eigenvalue weighted by Gasteiger charge is 2.17. The smallest absolute Gasteiger partial charge is 0.340 e. The summed E-state index contributed by atoms with van der Waals surface area (Å²) in [6, 6.07) is 6.34. The normalized spacial score (nSPS) is 10.8. The van der Waals surface area contributed by atoms with Crippen LogP contribution in [0, 0.1) is 13.8 Å². The molecule has 0 aliphatic heterocycles. The summed E-state index contributed by atoms with van der Waals surface area (Å²) in [6.45, 7) is 3.45. The van der Waals surface area contributed by atoms with Crippen LogP contribution in [0.1, 0.15) is 27.8 Å². The zero-order chi connectivity index (χ0) is 17.3. The number of hydrogen-bond acceptors (Lipinski definition) is 6. The van der Waals surface area contributed by atoms with E-state index in [2.05, 4.69) is 10.2 Å². The van der Waals surface area contributed by atoms with Crippen molar-refractivity contribution in [1.29, 1.82) is 0 Å². The van der Waals surface area contributed by atoms with Crippen LogP contribution in [-0.4, -0.2) is 16.2 Å². The third-order valence-electron chi connectivity index (χ3n) is 3.21. The minimum atomic E-state index is -0.627. The summed E-state index contributed by atoms with van der Waals surface area (Å²) >= 11 is 11.8. The SMILES string of the molecule is Cc1cc(-c2nnc(COC(=O)c3cc(Cl)ccc3Cl)o2)c(C)o1. The van der Waals surface area contributed by atoms with Gasteiger partial charge >= 0.3 is 5.97 Å². The molecule has 0 aliphatic rings. The van der Waals surface area contributed by atoms with Crippen LogP contribution in [-0.2, 0) is 11.3 Å². The van der Waals surface area contributed by atoms with E-state index in [1.165, 1.54) is 12.1 Å². The molecule has 0 atom stereocenters. The number of rotatable bonds is 4. The Kier molecular flexibility index (Phi) is 4.59. The van der Waals surface area contributed by atoms with Gasteiger partial charge in [0.05, 0.1) is 16.1 Å². The topological polar surface area (TPSA) is 78.4 Å². The van der Waals surface area contributed by atoms with Gasteiger partial charge in [0, 0.05) is 5.02 Å². The van der Waals surface area contributed by atoms with E-state index >= 15 is 0 Å². The average Bonchev–Trinajstić information content (AvgIpc) is 3.13. The largest absolute Gasteiger partial charge is 0.466 e. The number of carbonyl (C=O) groups excluding carboxylic acids is 1. The lowest BCUT2D eigenvalue weighted by Gasteiger charge is -2.04. The Balaban J connectivity index is 1.70. The molecule has 124 valence electrons. The molecule has 2 aromatic heterocycles. The van der Waals surface area contributed by atoms with E-state index in [0.717, 1.165) is 5.76 Å². The fraction of sp³-hybridized carbons (Fsp3) is 0.188. The van der Waals surface area contributed by atoms with Crippen molar-refractivity contribution in [2.45, 2.75) is 20.5 Å². The van der Waals surface area contributed by atoms with Crippen LogP contribution in [0.2, 0.25) is 10.0 Å². The van der Waals surface area contributed by atoms with Gasteiger partial charge in [0.2, 0.25) is 0 Å². The molecule has 0 saturated heterocycles. The molecule has 3 aromatic rings. The van der Waals surface area contributed by atoms with Gasteiger partial charge in [0.15, 0.2) is 6.61 Å². The minimum absolute atomic E-state index is 0.162. The molecule has 24 heavy (non-hydrogen) atoms. The third kappa shape index (κ3) is 3.44. The number of esters is 1. The van der Waals surface area contributed by atoms with Crippen LogP contribution in [0.5, 0.6) is 0 Å². The maximum atomic E-state index is 12.1. The van der Waals surface area contributed by atoms with E-state index in [9.17, 15) is 4.79 Å². The molecule has 0 amide bonds. The van der Waals surface area contributed by atoms with Crippen molar-refractivity contribution in [3.63, 3.8) is 0 Å². The van der Waals surface area contributed by atoms with Gasteiger partial charge < -0.3 is 13.6 Å². The van der Waals surface area contributed by atoms with Crippen molar-refractivity contribution in [3.05, 3.63) is 57.3 Å². The average molecular weight is 367 g/mol. The van der Waals surface area contributed by atoms with Gasteiger partial charge in [-0.1, -0.05) is 23.2 Å². The van der Waals surface area contributed by atoms with Gasteiger partial charge in [-0.25, -0.2) is 4.79 Å². The van der Waals surface area contributed by atoms with Gasteiger partial charge in [0.1, 0.15) is 11.5 Å². The van der Waals surface area contributed by atoms with E-state index in [-0.39, 0.29) is 23.1 Å². The number of benzene rings is 1. The lowest BCUT2D eigenvalue weighted by molar-refractivity contribution is 0.0439. The molecular weight excluding hydrogens is 355 g/mol. The summed E-state index contributed by atoms with van der Waals surface area (Å²) in [4.78, 5) is 12.1. The molecule has 1 aromatic carbocycles.